The fourth-order valence-corrected chi connectivity index (χ4v) is 2.26. The van der Waals surface area contributed by atoms with Crippen molar-refractivity contribution in [2.24, 2.45) is 0 Å². The van der Waals surface area contributed by atoms with Crippen LogP contribution >= 0.6 is 23.2 Å². The molecule has 0 radical (unpaired) electrons. The first kappa shape index (κ1) is 13.3. The Labute approximate surface area is 113 Å². The predicted octanol–water partition coefficient (Wildman–Crippen LogP) is 1.65. The number of fused-ring (bicyclic) bond motifs is 1. The Kier molecular flexibility index (Phi) is 3.59. The summed E-state index contributed by atoms with van der Waals surface area (Å²) in [4.78, 5) is 25.6. The molecule has 1 aromatic rings. The lowest BCUT2D eigenvalue weighted by Gasteiger charge is -2.14. The van der Waals surface area contributed by atoms with Crippen molar-refractivity contribution < 1.29 is 0 Å². The molecule has 3 N–H and O–H groups in total. The summed E-state index contributed by atoms with van der Waals surface area (Å²) >= 11 is 11.7. The number of H-pyrrole nitrogens is 1. The highest BCUT2D eigenvalue weighted by Crippen LogP contribution is 2.34. The molecule has 0 amide bonds. The summed E-state index contributed by atoms with van der Waals surface area (Å²) in [5.41, 5.74) is -0.802. The van der Waals surface area contributed by atoms with Crippen LogP contribution in [0.2, 0.25) is 0 Å². The highest BCUT2D eigenvalue weighted by Gasteiger charge is 2.35. The summed E-state index contributed by atoms with van der Waals surface area (Å²) in [5.74, 6) is 0.338. The Morgan fingerprint density at radius 2 is 1.94 bits per heavy atom. The van der Waals surface area contributed by atoms with Gasteiger partial charge in [-0.15, -0.1) is 0 Å². The van der Waals surface area contributed by atoms with Crippen molar-refractivity contribution in [3.63, 3.8) is 0 Å². The van der Waals surface area contributed by atoms with E-state index in [1.165, 1.54) is 4.57 Å². The molecule has 0 aromatic carbocycles. The number of hydrogen-bond donors (Lipinski definition) is 3. The number of nitrogens with zero attached hydrogens (tertiary/aromatic N) is 1. The van der Waals surface area contributed by atoms with Crippen molar-refractivity contribution >= 4 is 34.7 Å². The normalized spacial score (nSPS) is 15.9. The predicted molar refractivity (Wildman–Crippen MR) is 72.5 cm³/mol. The quantitative estimate of drug-likeness (QED) is 0.448. The molecule has 0 saturated carbocycles. The Morgan fingerprint density at radius 3 is 2.61 bits per heavy atom. The van der Waals surface area contributed by atoms with E-state index in [9.17, 15) is 9.59 Å². The van der Waals surface area contributed by atoms with Gasteiger partial charge in [-0.1, -0.05) is 43.0 Å². The molecule has 1 aliphatic heterocycles. The minimum Gasteiger partial charge on any atom is -0.330 e. The van der Waals surface area contributed by atoms with Gasteiger partial charge in [-0.2, -0.15) is 0 Å². The van der Waals surface area contributed by atoms with Gasteiger partial charge >= 0.3 is 5.69 Å². The van der Waals surface area contributed by atoms with Crippen molar-refractivity contribution in [2.75, 3.05) is 10.6 Å². The van der Waals surface area contributed by atoms with Gasteiger partial charge in [-0.05, 0) is 6.42 Å². The zero-order valence-electron chi connectivity index (χ0n) is 9.85. The van der Waals surface area contributed by atoms with Gasteiger partial charge < -0.3 is 10.6 Å². The summed E-state index contributed by atoms with van der Waals surface area (Å²) in [6.45, 7) is 2.58. The van der Waals surface area contributed by atoms with Crippen LogP contribution in [0.5, 0.6) is 0 Å². The zero-order valence-corrected chi connectivity index (χ0v) is 11.4. The molecule has 18 heavy (non-hydrogen) atoms. The highest BCUT2D eigenvalue weighted by atomic mass is 35.5. The Bertz CT molecular complexity index is 564. The third-order valence-electron chi connectivity index (χ3n) is 2.74. The minimum atomic E-state index is -1.46. The van der Waals surface area contributed by atoms with E-state index < -0.39 is 15.8 Å². The average molecular weight is 293 g/mol. The molecular weight excluding hydrogens is 279 g/mol. The molecule has 100 valence electrons. The molecule has 1 aliphatic rings. The molecule has 2 heterocycles. The van der Waals surface area contributed by atoms with E-state index in [0.717, 1.165) is 19.3 Å². The van der Waals surface area contributed by atoms with Gasteiger partial charge in [0.2, 0.25) is 0 Å². The van der Waals surface area contributed by atoms with Gasteiger partial charge in [0.1, 0.15) is 11.5 Å². The second-order valence-electron chi connectivity index (χ2n) is 4.17. The molecule has 0 unspecified atom stereocenters. The Balaban J connectivity index is 2.40. The van der Waals surface area contributed by atoms with Gasteiger partial charge in [-0.25, -0.2) is 4.79 Å². The fourth-order valence-electron chi connectivity index (χ4n) is 1.89. The number of halogens is 2. The number of nitrogens with one attached hydrogen (secondary N) is 3. The molecule has 0 atom stereocenters. The first-order chi connectivity index (χ1) is 8.44. The molecule has 6 nitrogen and oxygen atoms in total. The van der Waals surface area contributed by atoms with E-state index in [2.05, 4.69) is 22.5 Å². The molecule has 0 saturated heterocycles. The van der Waals surface area contributed by atoms with Crippen LogP contribution in [0.15, 0.2) is 9.59 Å². The van der Waals surface area contributed by atoms with Crippen LogP contribution in [0.25, 0.3) is 0 Å². The lowest BCUT2D eigenvalue weighted by atomic mass is 10.2. The summed E-state index contributed by atoms with van der Waals surface area (Å²) < 4.78 is -0.0263. The number of unbranched alkanes of at least 4 members (excludes halogenated alkanes) is 2. The molecule has 1 aromatic heterocycles. The van der Waals surface area contributed by atoms with Gasteiger partial charge in [-0.3, -0.25) is 14.3 Å². The second kappa shape index (κ2) is 4.85. The van der Waals surface area contributed by atoms with Gasteiger partial charge in [0.25, 0.3) is 10.1 Å². The maximum atomic E-state index is 11.8. The van der Waals surface area contributed by atoms with Crippen LogP contribution in [0, 0.1) is 0 Å². The van der Waals surface area contributed by atoms with E-state index in [0.29, 0.717) is 12.4 Å². The maximum absolute atomic E-state index is 11.8. The van der Waals surface area contributed by atoms with Crippen LogP contribution in [0.3, 0.4) is 0 Å². The van der Waals surface area contributed by atoms with E-state index in [-0.39, 0.29) is 5.69 Å². The van der Waals surface area contributed by atoms with Gasteiger partial charge in [0.15, 0.2) is 0 Å². The largest absolute Gasteiger partial charge is 0.330 e. The molecular formula is C10H14Cl2N4O2. The summed E-state index contributed by atoms with van der Waals surface area (Å²) in [6, 6.07) is 0. The van der Waals surface area contributed by atoms with Crippen molar-refractivity contribution in [2.45, 2.75) is 37.3 Å². The number of aromatic amines is 1. The van der Waals surface area contributed by atoms with E-state index >= 15 is 0 Å². The standard InChI is InChI=1S/C10H14Cl2N4O2/c1-2-3-4-5-16-7-6(8(17)13-9(16)18)14-10(11,12)15-7/h14-15H,2-5H2,1H3,(H,13,17,18). The Hall–Kier alpha value is -1.14. The van der Waals surface area contributed by atoms with E-state index in [1.807, 2.05) is 0 Å². The van der Waals surface area contributed by atoms with Gasteiger partial charge in [0, 0.05) is 6.54 Å². The van der Waals surface area contributed by atoms with Crippen LogP contribution in [-0.2, 0) is 6.54 Å². The maximum Gasteiger partial charge on any atom is 0.330 e. The van der Waals surface area contributed by atoms with E-state index in [1.54, 1.807) is 0 Å². The first-order valence-electron chi connectivity index (χ1n) is 5.76. The molecule has 0 spiro atoms. The van der Waals surface area contributed by atoms with Crippen LogP contribution < -0.4 is 21.9 Å². The van der Waals surface area contributed by atoms with Gasteiger partial charge in [0.05, 0.1) is 0 Å². The van der Waals surface area contributed by atoms with Crippen LogP contribution in [0.4, 0.5) is 11.5 Å². The van der Waals surface area contributed by atoms with E-state index in [4.69, 9.17) is 23.2 Å². The third-order valence-corrected chi connectivity index (χ3v) is 3.12. The lowest BCUT2D eigenvalue weighted by molar-refractivity contribution is 0.582. The summed E-state index contributed by atoms with van der Waals surface area (Å²) in [5, 5.41) is 5.33. The molecule has 0 bridgehead atoms. The molecule has 0 fully saturated rings. The number of aromatic nitrogens is 2. The molecule has 2 rings (SSSR count). The average Bonchev–Trinajstić information content (AvgIpc) is 2.59. The fraction of sp³-hybridized carbons (Fsp3) is 0.600. The van der Waals surface area contributed by atoms with Crippen molar-refractivity contribution in [1.29, 1.82) is 0 Å². The lowest BCUT2D eigenvalue weighted by Crippen LogP contribution is -2.31. The molecule has 8 heteroatoms. The van der Waals surface area contributed by atoms with Crippen molar-refractivity contribution in [3.05, 3.63) is 20.8 Å². The first-order valence-corrected chi connectivity index (χ1v) is 6.51. The topological polar surface area (TPSA) is 78.9 Å². The Morgan fingerprint density at radius 1 is 1.22 bits per heavy atom. The highest BCUT2D eigenvalue weighted by molar-refractivity contribution is 6.51. The van der Waals surface area contributed by atoms with Crippen LogP contribution in [0.1, 0.15) is 26.2 Å². The minimum absolute atomic E-state index is 0.191. The number of alkyl halides is 2. The summed E-state index contributed by atoms with van der Waals surface area (Å²) in [7, 11) is 0. The van der Waals surface area contributed by atoms with Crippen molar-refractivity contribution in [1.82, 2.24) is 9.55 Å². The SMILES string of the molecule is CCCCCn1c2c(c(=O)[nH]c1=O)NC(Cl)(Cl)N2. The number of rotatable bonds is 4. The zero-order chi connectivity index (χ0) is 13.3. The second-order valence-corrected chi connectivity index (χ2v) is 5.49. The number of hydrogen-bond acceptors (Lipinski definition) is 4. The number of anilines is 2. The third kappa shape index (κ3) is 2.49. The summed E-state index contributed by atoms with van der Waals surface area (Å²) in [6.07, 6.45) is 2.88. The smallest absolute Gasteiger partial charge is 0.330 e. The monoisotopic (exact) mass is 292 g/mol. The van der Waals surface area contributed by atoms with Crippen LogP contribution in [-0.4, -0.2) is 14.1 Å². The van der Waals surface area contributed by atoms with Crippen molar-refractivity contribution in [3.8, 4) is 0 Å². The molecule has 0 aliphatic carbocycles.